The van der Waals surface area contributed by atoms with Gasteiger partial charge in [-0.1, -0.05) is 28.1 Å². The van der Waals surface area contributed by atoms with Gasteiger partial charge in [0.05, 0.1) is 27.4 Å². The van der Waals surface area contributed by atoms with Gasteiger partial charge in [-0.05, 0) is 47.4 Å². The van der Waals surface area contributed by atoms with Gasteiger partial charge in [0.15, 0.2) is 11.5 Å². The van der Waals surface area contributed by atoms with Gasteiger partial charge in [-0.15, -0.1) is 0 Å². The molecular formula is C19H20BrNO4. The number of carbonyl (C=O) groups is 1. The number of rotatable bonds is 3. The molecule has 0 saturated carbocycles. The predicted molar refractivity (Wildman–Crippen MR) is 98.3 cm³/mol. The van der Waals surface area contributed by atoms with Crippen LogP contribution in [0.2, 0.25) is 0 Å². The highest BCUT2D eigenvalue weighted by molar-refractivity contribution is 9.10. The fourth-order valence-electron chi connectivity index (χ4n) is 3.26. The second-order valence-corrected chi connectivity index (χ2v) is 6.69. The summed E-state index contributed by atoms with van der Waals surface area (Å²) in [5.74, 6) is 1.34. The minimum Gasteiger partial charge on any atom is -0.493 e. The lowest BCUT2D eigenvalue weighted by atomic mass is 9.88. The molecule has 132 valence electrons. The number of benzene rings is 2. The molecule has 2 aromatic rings. The smallest absolute Gasteiger partial charge is 0.410 e. The fraction of sp³-hybridized carbons (Fsp3) is 0.316. The van der Waals surface area contributed by atoms with Gasteiger partial charge in [-0.25, -0.2) is 4.79 Å². The molecule has 1 aliphatic rings. The van der Waals surface area contributed by atoms with E-state index in [-0.39, 0.29) is 12.1 Å². The lowest BCUT2D eigenvalue weighted by Gasteiger charge is -2.37. The predicted octanol–water partition coefficient (Wildman–Crippen LogP) is 4.18. The Labute approximate surface area is 155 Å². The van der Waals surface area contributed by atoms with Gasteiger partial charge in [-0.3, -0.25) is 4.90 Å². The lowest BCUT2D eigenvalue weighted by molar-refractivity contribution is 0.109. The van der Waals surface area contributed by atoms with Gasteiger partial charge in [0.1, 0.15) is 0 Å². The summed E-state index contributed by atoms with van der Waals surface area (Å²) in [4.78, 5) is 14.1. The molecule has 0 saturated heterocycles. The Kier molecular flexibility index (Phi) is 5.18. The molecule has 1 amide bonds. The summed E-state index contributed by atoms with van der Waals surface area (Å²) >= 11 is 3.46. The van der Waals surface area contributed by atoms with E-state index in [1.54, 1.807) is 19.1 Å². The molecule has 25 heavy (non-hydrogen) atoms. The first-order valence-electron chi connectivity index (χ1n) is 7.94. The van der Waals surface area contributed by atoms with Crippen LogP contribution in [0.25, 0.3) is 0 Å². The third-order valence-electron chi connectivity index (χ3n) is 4.47. The average molecular weight is 406 g/mol. The number of fused-ring (bicyclic) bond motifs is 1. The maximum atomic E-state index is 12.3. The van der Waals surface area contributed by atoms with Gasteiger partial charge in [0, 0.05) is 11.0 Å². The molecule has 1 atom stereocenters. The van der Waals surface area contributed by atoms with E-state index in [1.807, 2.05) is 36.4 Å². The quantitative estimate of drug-likeness (QED) is 0.768. The van der Waals surface area contributed by atoms with E-state index in [9.17, 15) is 4.79 Å². The third kappa shape index (κ3) is 3.31. The summed E-state index contributed by atoms with van der Waals surface area (Å²) in [6.07, 6.45) is 0.394. The van der Waals surface area contributed by atoms with Gasteiger partial charge >= 0.3 is 6.09 Å². The normalized spacial score (nSPS) is 16.2. The highest BCUT2D eigenvalue weighted by Gasteiger charge is 2.33. The van der Waals surface area contributed by atoms with Gasteiger partial charge in [0.25, 0.3) is 0 Å². The average Bonchev–Trinajstić information content (AvgIpc) is 2.66. The van der Waals surface area contributed by atoms with Crippen molar-refractivity contribution in [1.82, 2.24) is 4.90 Å². The van der Waals surface area contributed by atoms with Crippen LogP contribution in [-0.4, -0.2) is 38.9 Å². The number of halogens is 1. The van der Waals surface area contributed by atoms with Crippen molar-refractivity contribution in [2.75, 3.05) is 27.9 Å². The van der Waals surface area contributed by atoms with Crippen LogP contribution in [-0.2, 0) is 11.2 Å². The monoisotopic (exact) mass is 405 g/mol. The Bertz CT molecular complexity index is 776. The van der Waals surface area contributed by atoms with Crippen LogP contribution in [0.4, 0.5) is 4.79 Å². The van der Waals surface area contributed by atoms with Crippen molar-refractivity contribution in [3.8, 4) is 11.5 Å². The molecule has 1 heterocycles. The summed E-state index contributed by atoms with van der Waals surface area (Å²) in [7, 11) is 4.64. The number of methoxy groups -OCH3 is 3. The molecule has 6 heteroatoms. The first-order chi connectivity index (χ1) is 12.1. The second kappa shape index (κ2) is 7.35. The Morgan fingerprint density at radius 2 is 1.72 bits per heavy atom. The second-order valence-electron chi connectivity index (χ2n) is 5.77. The molecule has 0 fully saturated rings. The zero-order valence-corrected chi connectivity index (χ0v) is 16.0. The van der Waals surface area contributed by atoms with Crippen molar-refractivity contribution in [3.05, 3.63) is 57.6 Å². The molecule has 0 aromatic heterocycles. The number of nitrogens with zero attached hydrogens (tertiary/aromatic N) is 1. The van der Waals surface area contributed by atoms with Gasteiger partial charge < -0.3 is 14.2 Å². The molecule has 0 bridgehead atoms. The van der Waals surface area contributed by atoms with Crippen molar-refractivity contribution >= 4 is 22.0 Å². The Morgan fingerprint density at radius 3 is 2.32 bits per heavy atom. The van der Waals surface area contributed by atoms with E-state index in [2.05, 4.69) is 15.9 Å². The number of carbonyl (C=O) groups excluding carboxylic acids is 1. The van der Waals surface area contributed by atoms with E-state index in [1.165, 1.54) is 7.11 Å². The first-order valence-corrected chi connectivity index (χ1v) is 8.73. The van der Waals surface area contributed by atoms with Crippen LogP contribution in [0, 0.1) is 0 Å². The molecule has 1 unspecified atom stereocenters. The van der Waals surface area contributed by atoms with Crippen molar-refractivity contribution in [3.63, 3.8) is 0 Å². The summed E-state index contributed by atoms with van der Waals surface area (Å²) in [5.41, 5.74) is 3.18. The Balaban J connectivity index is 2.15. The molecule has 3 rings (SSSR count). The van der Waals surface area contributed by atoms with Crippen LogP contribution < -0.4 is 9.47 Å². The molecule has 0 radical (unpaired) electrons. The Morgan fingerprint density at radius 1 is 1.08 bits per heavy atom. The third-order valence-corrected chi connectivity index (χ3v) is 5.00. The summed E-state index contributed by atoms with van der Waals surface area (Å²) in [5, 5.41) is 0. The van der Waals surface area contributed by atoms with Crippen LogP contribution in [0.15, 0.2) is 40.9 Å². The van der Waals surface area contributed by atoms with E-state index in [0.29, 0.717) is 18.0 Å². The molecule has 0 spiro atoms. The van der Waals surface area contributed by atoms with Crippen LogP contribution >= 0.6 is 15.9 Å². The zero-order valence-electron chi connectivity index (χ0n) is 14.4. The highest BCUT2D eigenvalue weighted by atomic mass is 79.9. The van der Waals surface area contributed by atoms with Crippen molar-refractivity contribution in [1.29, 1.82) is 0 Å². The number of hydrogen-bond donors (Lipinski definition) is 0. The van der Waals surface area contributed by atoms with Crippen molar-refractivity contribution < 1.29 is 19.0 Å². The van der Waals surface area contributed by atoms with E-state index < -0.39 is 0 Å². The van der Waals surface area contributed by atoms with E-state index in [0.717, 1.165) is 27.6 Å². The summed E-state index contributed by atoms with van der Waals surface area (Å²) in [6.45, 7) is 0.579. The number of amides is 1. The van der Waals surface area contributed by atoms with E-state index >= 15 is 0 Å². The lowest BCUT2D eigenvalue weighted by Crippen LogP contribution is -2.40. The van der Waals surface area contributed by atoms with Crippen molar-refractivity contribution in [2.45, 2.75) is 12.5 Å². The van der Waals surface area contributed by atoms with E-state index in [4.69, 9.17) is 14.2 Å². The topological polar surface area (TPSA) is 48.0 Å². The summed E-state index contributed by atoms with van der Waals surface area (Å²) < 4.78 is 16.9. The SMILES string of the molecule is COC(=O)N1CCc2cc(OC)c(OC)cc2C1c1ccc(Br)cc1. The minimum atomic E-state index is -0.339. The largest absolute Gasteiger partial charge is 0.493 e. The Hall–Kier alpha value is -2.21. The maximum Gasteiger partial charge on any atom is 0.410 e. The zero-order chi connectivity index (χ0) is 18.0. The fourth-order valence-corrected chi connectivity index (χ4v) is 3.53. The maximum absolute atomic E-state index is 12.3. The van der Waals surface area contributed by atoms with Gasteiger partial charge in [0.2, 0.25) is 0 Å². The standard InChI is InChI=1S/C19H20BrNO4/c1-23-16-10-13-8-9-21(19(22)25-3)18(15(13)11-17(16)24-2)12-4-6-14(20)7-5-12/h4-7,10-11,18H,8-9H2,1-3H3. The first kappa shape index (κ1) is 17.6. The number of hydrogen-bond acceptors (Lipinski definition) is 4. The van der Waals surface area contributed by atoms with Gasteiger partial charge in [-0.2, -0.15) is 0 Å². The number of ether oxygens (including phenoxy) is 3. The van der Waals surface area contributed by atoms with Crippen LogP contribution in [0.5, 0.6) is 11.5 Å². The molecule has 2 aromatic carbocycles. The van der Waals surface area contributed by atoms with Crippen molar-refractivity contribution in [2.24, 2.45) is 0 Å². The highest BCUT2D eigenvalue weighted by Crippen LogP contribution is 2.41. The molecule has 0 N–H and O–H groups in total. The van der Waals surface area contributed by atoms with Crippen LogP contribution in [0.1, 0.15) is 22.7 Å². The summed E-state index contributed by atoms with van der Waals surface area (Å²) in [6, 6.07) is 11.7. The molecule has 1 aliphatic heterocycles. The molecule has 0 aliphatic carbocycles. The minimum absolute atomic E-state index is 0.232. The van der Waals surface area contributed by atoms with Crippen LogP contribution in [0.3, 0.4) is 0 Å². The molecule has 5 nitrogen and oxygen atoms in total. The molecular weight excluding hydrogens is 386 g/mol.